The topological polar surface area (TPSA) is 137 Å². The molecule has 0 fully saturated rings. The van der Waals surface area contributed by atoms with Crippen LogP contribution in [-0.2, 0) is 31.4 Å². The highest BCUT2D eigenvalue weighted by molar-refractivity contribution is 7.86. The largest absolute Gasteiger partial charge is 0.416 e. The molecule has 0 saturated carbocycles. The fourth-order valence-electron chi connectivity index (χ4n) is 3.34. The van der Waals surface area contributed by atoms with Crippen molar-refractivity contribution in [1.82, 2.24) is 10.6 Å². The van der Waals surface area contributed by atoms with Gasteiger partial charge in [0.05, 0.1) is 35.8 Å². The minimum absolute atomic E-state index is 0.0922. The van der Waals surface area contributed by atoms with Gasteiger partial charge in [0.2, 0.25) is 0 Å². The molecule has 4 N–H and O–H groups in total. The number of amides is 2. The summed E-state index contributed by atoms with van der Waals surface area (Å²) in [6, 6.07) is 5.71. The number of alkyl halides is 6. The number of nitrogens with two attached hydrogens (primary N) is 1. The van der Waals surface area contributed by atoms with Gasteiger partial charge < -0.3 is 21.1 Å². The summed E-state index contributed by atoms with van der Waals surface area (Å²) in [5.74, 6) is -1.65. The van der Waals surface area contributed by atoms with Gasteiger partial charge in [0.15, 0.2) is 0 Å². The maximum Gasteiger partial charge on any atom is 0.416 e. The summed E-state index contributed by atoms with van der Waals surface area (Å²) in [5.41, 5.74) is 1.42. The van der Waals surface area contributed by atoms with Gasteiger partial charge in [-0.3, -0.25) is 13.8 Å². The molecule has 2 amide bonds. The Morgan fingerprint density at radius 1 is 0.756 bits per heavy atom. The highest BCUT2D eigenvalue weighted by atomic mass is 32.2. The second kappa shape index (κ2) is 15.1. The van der Waals surface area contributed by atoms with Crippen molar-refractivity contribution in [3.63, 3.8) is 0 Å². The van der Waals surface area contributed by atoms with Crippen molar-refractivity contribution < 1.29 is 53.3 Å². The molecule has 2 rings (SSSR count). The number of halogens is 6. The lowest BCUT2D eigenvalue weighted by molar-refractivity contribution is -0.143. The molecule has 0 spiro atoms. The van der Waals surface area contributed by atoms with Gasteiger partial charge in [-0.25, -0.2) is 0 Å². The predicted octanol–water partition coefficient (Wildman–Crippen LogP) is 3.73. The van der Waals surface area contributed by atoms with E-state index in [0.29, 0.717) is 25.2 Å². The van der Waals surface area contributed by atoms with Crippen LogP contribution in [0, 0.1) is 0 Å². The fraction of sp³-hybridized carbons (Fsp3) is 0.440. The van der Waals surface area contributed by atoms with Gasteiger partial charge in [-0.05, 0) is 55.8 Å². The van der Waals surface area contributed by atoms with Crippen molar-refractivity contribution in [3.05, 3.63) is 64.7 Å². The summed E-state index contributed by atoms with van der Waals surface area (Å²) in [6.07, 6.45) is -7.81. The van der Waals surface area contributed by atoms with E-state index < -0.39 is 57.6 Å². The number of nitrogens with one attached hydrogen (secondary N) is 2. The summed E-state index contributed by atoms with van der Waals surface area (Å²) < 4.78 is 113. The third-order valence-electron chi connectivity index (χ3n) is 5.40. The smallest absolute Gasteiger partial charge is 0.377 e. The Morgan fingerprint density at radius 3 is 1.98 bits per heavy atom. The third-order valence-corrected chi connectivity index (χ3v) is 6.71. The maximum absolute atomic E-state index is 13.0. The summed E-state index contributed by atoms with van der Waals surface area (Å²) in [4.78, 5) is 24.1. The maximum atomic E-state index is 13.0. The average molecular weight is 614 g/mol. The van der Waals surface area contributed by atoms with Gasteiger partial charge in [-0.2, -0.15) is 34.8 Å². The molecule has 9 nitrogen and oxygen atoms in total. The first-order valence-corrected chi connectivity index (χ1v) is 13.7. The minimum Gasteiger partial charge on any atom is -0.377 e. The lowest BCUT2D eigenvalue weighted by atomic mass is 10.0. The monoisotopic (exact) mass is 613 g/mol. The van der Waals surface area contributed by atoms with Crippen LogP contribution in [0.15, 0.2) is 47.4 Å². The zero-order chi connectivity index (χ0) is 30.7. The highest BCUT2D eigenvalue weighted by Crippen LogP contribution is 2.36. The molecule has 2 aromatic rings. The van der Waals surface area contributed by atoms with Crippen LogP contribution in [0.5, 0.6) is 0 Å². The van der Waals surface area contributed by atoms with Gasteiger partial charge >= 0.3 is 12.4 Å². The molecule has 0 aliphatic heterocycles. The molecule has 228 valence electrons. The fourth-order valence-corrected chi connectivity index (χ4v) is 4.28. The molecule has 2 aromatic carbocycles. The van der Waals surface area contributed by atoms with Crippen molar-refractivity contribution in [1.29, 1.82) is 0 Å². The molecular weight excluding hydrogens is 584 g/mol. The normalized spacial score (nSPS) is 12.3. The van der Waals surface area contributed by atoms with Crippen LogP contribution in [0.2, 0.25) is 0 Å². The van der Waals surface area contributed by atoms with Gasteiger partial charge in [0.1, 0.15) is 0 Å². The molecule has 0 heterocycles. The Kier molecular flexibility index (Phi) is 12.6. The summed E-state index contributed by atoms with van der Waals surface area (Å²) in [5, 5.41) is 4.81. The standard InChI is InChI=1S/C25H29F6N3O6S/c26-24(27,28)19-13-18(14-20(16-19)25(29,30)31)23(36)34-9-10-39-11-12-40-41(37,38)21-6-4-5-17(15-21)22(35)33-8-3-1-2-7-32/h4-6,13-16H,1-3,7-12,32H2,(H,33,35)(H,34,36). The molecule has 0 aliphatic rings. The lowest BCUT2D eigenvalue weighted by Gasteiger charge is -2.14. The Labute approximate surface area is 232 Å². The quantitative estimate of drug-likeness (QED) is 0.158. The first kappa shape index (κ1) is 34.0. The number of ether oxygens (including phenoxy) is 1. The van der Waals surface area contributed by atoms with Crippen molar-refractivity contribution in [3.8, 4) is 0 Å². The predicted molar refractivity (Wildman–Crippen MR) is 134 cm³/mol. The van der Waals surface area contributed by atoms with E-state index in [1.165, 1.54) is 18.2 Å². The Morgan fingerprint density at radius 2 is 1.37 bits per heavy atom. The second-order valence-corrected chi connectivity index (χ2v) is 10.2. The van der Waals surface area contributed by atoms with E-state index in [9.17, 15) is 44.3 Å². The van der Waals surface area contributed by atoms with Gasteiger partial charge in [0.25, 0.3) is 21.9 Å². The number of hydrogen-bond acceptors (Lipinski definition) is 7. The van der Waals surface area contributed by atoms with Crippen LogP contribution in [0.25, 0.3) is 0 Å². The van der Waals surface area contributed by atoms with Crippen LogP contribution in [0.1, 0.15) is 51.1 Å². The van der Waals surface area contributed by atoms with Crippen molar-refractivity contribution >= 4 is 21.9 Å². The molecule has 0 aromatic heterocycles. The van der Waals surface area contributed by atoms with E-state index >= 15 is 0 Å². The van der Waals surface area contributed by atoms with Crippen molar-refractivity contribution in [2.24, 2.45) is 5.73 Å². The van der Waals surface area contributed by atoms with Crippen LogP contribution in [-0.4, -0.2) is 59.7 Å². The molecule has 16 heteroatoms. The van der Waals surface area contributed by atoms with Crippen LogP contribution in [0.3, 0.4) is 0 Å². The van der Waals surface area contributed by atoms with Crippen LogP contribution >= 0.6 is 0 Å². The lowest BCUT2D eigenvalue weighted by Crippen LogP contribution is -2.28. The van der Waals surface area contributed by atoms with Crippen LogP contribution in [0.4, 0.5) is 26.3 Å². The molecule has 0 saturated heterocycles. The van der Waals surface area contributed by atoms with Crippen molar-refractivity contribution in [2.45, 2.75) is 36.5 Å². The number of benzene rings is 2. The number of unbranched alkanes of at least 4 members (excludes halogenated alkanes) is 2. The highest BCUT2D eigenvalue weighted by Gasteiger charge is 2.37. The van der Waals surface area contributed by atoms with Gasteiger partial charge in [-0.1, -0.05) is 12.5 Å². The molecule has 0 radical (unpaired) electrons. The first-order chi connectivity index (χ1) is 19.1. The molecule has 41 heavy (non-hydrogen) atoms. The van der Waals surface area contributed by atoms with E-state index in [1.807, 2.05) is 0 Å². The Balaban J connectivity index is 1.81. The number of carbonyl (C=O) groups excluding carboxylic acids is 2. The molecule has 0 unspecified atom stereocenters. The average Bonchev–Trinajstić information content (AvgIpc) is 2.91. The Bertz CT molecular complexity index is 1250. The molecular formula is C25H29F6N3O6S. The molecule has 0 aliphatic carbocycles. The molecule has 0 bridgehead atoms. The van der Waals surface area contributed by atoms with Gasteiger partial charge in [-0.15, -0.1) is 0 Å². The summed E-state index contributed by atoms with van der Waals surface area (Å²) in [7, 11) is -4.25. The SMILES string of the molecule is NCCCCCNC(=O)c1cccc(S(=O)(=O)OCCOCCNC(=O)c2cc(C(F)(F)F)cc(C(F)(F)F)c2)c1. The Hall–Kier alpha value is -3.21. The van der Waals surface area contributed by atoms with E-state index in [4.69, 9.17) is 14.7 Å². The van der Waals surface area contributed by atoms with E-state index in [2.05, 4.69) is 10.6 Å². The summed E-state index contributed by atoms with van der Waals surface area (Å²) >= 11 is 0. The first-order valence-electron chi connectivity index (χ1n) is 12.3. The summed E-state index contributed by atoms with van der Waals surface area (Å²) in [6.45, 7) is -0.323. The number of rotatable bonds is 15. The molecule has 0 atom stereocenters. The zero-order valence-electron chi connectivity index (χ0n) is 21.6. The second-order valence-electron chi connectivity index (χ2n) is 8.57. The van der Waals surface area contributed by atoms with Crippen LogP contribution < -0.4 is 16.4 Å². The number of carbonyl (C=O) groups is 2. The zero-order valence-corrected chi connectivity index (χ0v) is 22.4. The third kappa shape index (κ3) is 11.3. The van der Waals surface area contributed by atoms with E-state index in [1.54, 1.807) is 0 Å². The van der Waals surface area contributed by atoms with Gasteiger partial charge in [0, 0.05) is 24.2 Å². The van der Waals surface area contributed by atoms with E-state index in [-0.39, 0.29) is 36.3 Å². The van der Waals surface area contributed by atoms with Crippen molar-refractivity contribution in [2.75, 3.05) is 39.5 Å². The van der Waals surface area contributed by atoms with E-state index in [0.717, 1.165) is 25.3 Å². The minimum atomic E-state index is -5.10. The number of hydrogen-bond donors (Lipinski definition) is 3.